The Kier molecular flexibility index (Phi) is 5.86. The standard InChI is InChI=1S/C12H17BrClFN2/c1-3-4-7(2)12(17-16)8-5-6-9(13)10(14)11(8)15/h5-7,12,17H,3-4,16H2,1-2H3. The van der Waals surface area contributed by atoms with Crippen LogP contribution in [0, 0.1) is 11.7 Å². The van der Waals surface area contributed by atoms with Crippen LogP contribution in [-0.4, -0.2) is 0 Å². The van der Waals surface area contributed by atoms with Gasteiger partial charge in [-0.1, -0.05) is 37.9 Å². The summed E-state index contributed by atoms with van der Waals surface area (Å²) in [5.74, 6) is 5.36. The maximum Gasteiger partial charge on any atom is 0.147 e. The van der Waals surface area contributed by atoms with Crippen molar-refractivity contribution in [2.75, 3.05) is 0 Å². The third-order valence-corrected chi connectivity index (χ3v) is 4.15. The molecule has 2 nitrogen and oxygen atoms in total. The molecule has 0 aromatic heterocycles. The molecule has 5 heteroatoms. The average molecular weight is 324 g/mol. The molecule has 2 atom stereocenters. The number of nitrogens with two attached hydrogens (primary N) is 1. The number of hydrogen-bond acceptors (Lipinski definition) is 2. The van der Waals surface area contributed by atoms with Crippen LogP contribution in [0.5, 0.6) is 0 Å². The quantitative estimate of drug-likeness (QED) is 0.484. The van der Waals surface area contributed by atoms with Crippen molar-refractivity contribution in [2.24, 2.45) is 11.8 Å². The smallest absolute Gasteiger partial charge is 0.147 e. The molecule has 0 amide bonds. The zero-order valence-electron chi connectivity index (χ0n) is 9.93. The predicted octanol–water partition coefficient (Wildman–Crippen LogP) is 4.18. The minimum Gasteiger partial charge on any atom is -0.271 e. The molecule has 0 bridgehead atoms. The molecule has 1 rings (SSSR count). The van der Waals surface area contributed by atoms with E-state index in [0.717, 1.165) is 12.8 Å². The van der Waals surface area contributed by atoms with Crippen LogP contribution in [0.15, 0.2) is 16.6 Å². The fourth-order valence-corrected chi connectivity index (χ4v) is 2.44. The van der Waals surface area contributed by atoms with Crippen molar-refractivity contribution < 1.29 is 4.39 Å². The first-order valence-corrected chi connectivity index (χ1v) is 6.79. The van der Waals surface area contributed by atoms with Gasteiger partial charge in [0.15, 0.2) is 0 Å². The summed E-state index contributed by atoms with van der Waals surface area (Å²) in [5, 5.41) is 0.103. The van der Waals surface area contributed by atoms with Crippen molar-refractivity contribution in [1.82, 2.24) is 5.43 Å². The van der Waals surface area contributed by atoms with Crippen molar-refractivity contribution in [1.29, 1.82) is 0 Å². The van der Waals surface area contributed by atoms with Gasteiger partial charge in [0.25, 0.3) is 0 Å². The maximum atomic E-state index is 14.0. The second kappa shape index (κ2) is 6.69. The highest BCUT2D eigenvalue weighted by atomic mass is 79.9. The van der Waals surface area contributed by atoms with Crippen molar-refractivity contribution in [3.63, 3.8) is 0 Å². The van der Waals surface area contributed by atoms with Gasteiger partial charge >= 0.3 is 0 Å². The minimum absolute atomic E-state index is 0.103. The Morgan fingerprint density at radius 1 is 1.53 bits per heavy atom. The molecule has 17 heavy (non-hydrogen) atoms. The number of halogens is 3. The van der Waals surface area contributed by atoms with Crippen LogP contribution >= 0.6 is 27.5 Å². The third-order valence-electron chi connectivity index (χ3n) is 2.89. The number of hydrogen-bond donors (Lipinski definition) is 2. The van der Waals surface area contributed by atoms with E-state index in [1.807, 2.05) is 6.92 Å². The lowest BCUT2D eigenvalue weighted by atomic mass is 9.91. The van der Waals surface area contributed by atoms with Gasteiger partial charge in [-0.3, -0.25) is 11.3 Å². The fraction of sp³-hybridized carbons (Fsp3) is 0.500. The largest absolute Gasteiger partial charge is 0.271 e. The molecule has 3 N–H and O–H groups in total. The summed E-state index contributed by atoms with van der Waals surface area (Å²) < 4.78 is 14.6. The van der Waals surface area contributed by atoms with Gasteiger partial charge in [-0.2, -0.15) is 0 Å². The van der Waals surface area contributed by atoms with E-state index in [0.29, 0.717) is 10.0 Å². The molecule has 96 valence electrons. The SMILES string of the molecule is CCCC(C)C(NN)c1ccc(Br)c(Cl)c1F. The first-order chi connectivity index (χ1) is 8.02. The lowest BCUT2D eigenvalue weighted by Crippen LogP contribution is -2.33. The Hall–Kier alpha value is -0.160. The minimum atomic E-state index is -0.410. The molecule has 0 heterocycles. The number of benzene rings is 1. The molecular formula is C12H17BrClFN2. The topological polar surface area (TPSA) is 38.0 Å². The lowest BCUT2D eigenvalue weighted by molar-refractivity contribution is 0.358. The predicted molar refractivity (Wildman–Crippen MR) is 73.2 cm³/mol. The van der Waals surface area contributed by atoms with Crippen LogP contribution in [0.1, 0.15) is 38.3 Å². The van der Waals surface area contributed by atoms with E-state index in [9.17, 15) is 4.39 Å². The van der Waals surface area contributed by atoms with Crippen LogP contribution in [0.4, 0.5) is 4.39 Å². The van der Waals surface area contributed by atoms with Crippen molar-refractivity contribution >= 4 is 27.5 Å². The summed E-state index contributed by atoms with van der Waals surface area (Å²) in [6.45, 7) is 4.14. The molecule has 0 aliphatic carbocycles. The summed E-state index contributed by atoms with van der Waals surface area (Å²) >= 11 is 9.07. The summed E-state index contributed by atoms with van der Waals surface area (Å²) in [7, 11) is 0. The molecule has 1 aromatic carbocycles. The van der Waals surface area contributed by atoms with Crippen LogP contribution in [-0.2, 0) is 0 Å². The Morgan fingerprint density at radius 3 is 2.71 bits per heavy atom. The first kappa shape index (κ1) is 14.9. The van der Waals surface area contributed by atoms with Gasteiger partial charge in [-0.05, 0) is 34.3 Å². The van der Waals surface area contributed by atoms with Gasteiger partial charge in [0.05, 0.1) is 11.1 Å². The zero-order valence-corrected chi connectivity index (χ0v) is 12.3. The lowest BCUT2D eigenvalue weighted by Gasteiger charge is -2.24. The molecule has 1 aromatic rings. The molecule has 0 saturated heterocycles. The van der Waals surface area contributed by atoms with Gasteiger partial charge in [0.2, 0.25) is 0 Å². The summed E-state index contributed by atoms with van der Waals surface area (Å²) in [6, 6.07) is 3.23. The Labute approximate surface area is 115 Å². The molecule has 0 spiro atoms. The maximum absolute atomic E-state index is 14.0. The van der Waals surface area contributed by atoms with Crippen molar-refractivity contribution in [2.45, 2.75) is 32.7 Å². The van der Waals surface area contributed by atoms with Crippen molar-refractivity contribution in [3.05, 3.63) is 33.0 Å². The van der Waals surface area contributed by atoms with E-state index < -0.39 is 5.82 Å². The van der Waals surface area contributed by atoms with E-state index >= 15 is 0 Å². The molecule has 2 unspecified atom stereocenters. The molecule has 0 aliphatic rings. The van der Waals surface area contributed by atoms with Crippen molar-refractivity contribution in [3.8, 4) is 0 Å². The molecule has 0 saturated carbocycles. The second-order valence-electron chi connectivity index (χ2n) is 4.17. The van der Waals surface area contributed by atoms with Crippen LogP contribution < -0.4 is 11.3 Å². The first-order valence-electron chi connectivity index (χ1n) is 5.62. The highest BCUT2D eigenvalue weighted by Gasteiger charge is 2.22. The Bertz CT molecular complexity index is 387. The Morgan fingerprint density at radius 2 is 2.18 bits per heavy atom. The number of nitrogens with one attached hydrogen (secondary N) is 1. The van der Waals surface area contributed by atoms with E-state index in [1.165, 1.54) is 0 Å². The van der Waals surface area contributed by atoms with Gasteiger partial charge < -0.3 is 0 Å². The van der Waals surface area contributed by atoms with Gasteiger partial charge in [-0.15, -0.1) is 0 Å². The molecule has 0 radical (unpaired) electrons. The van der Waals surface area contributed by atoms with E-state index in [-0.39, 0.29) is 17.0 Å². The number of hydrazine groups is 1. The van der Waals surface area contributed by atoms with E-state index in [1.54, 1.807) is 12.1 Å². The normalized spacial score (nSPS) is 14.7. The van der Waals surface area contributed by atoms with Gasteiger partial charge in [0.1, 0.15) is 5.82 Å². The van der Waals surface area contributed by atoms with Crippen LogP contribution in [0.25, 0.3) is 0 Å². The Balaban J connectivity index is 3.08. The van der Waals surface area contributed by atoms with E-state index in [2.05, 4.69) is 28.3 Å². The zero-order chi connectivity index (χ0) is 13.0. The average Bonchev–Trinajstić information content (AvgIpc) is 2.30. The second-order valence-corrected chi connectivity index (χ2v) is 5.41. The van der Waals surface area contributed by atoms with Crippen LogP contribution in [0.2, 0.25) is 5.02 Å². The van der Waals surface area contributed by atoms with Gasteiger partial charge in [-0.25, -0.2) is 4.39 Å². The highest BCUT2D eigenvalue weighted by molar-refractivity contribution is 9.10. The molecule has 0 aliphatic heterocycles. The fourth-order valence-electron chi connectivity index (χ4n) is 1.96. The monoisotopic (exact) mass is 322 g/mol. The summed E-state index contributed by atoms with van der Waals surface area (Å²) in [6.07, 6.45) is 2.01. The summed E-state index contributed by atoms with van der Waals surface area (Å²) in [4.78, 5) is 0. The summed E-state index contributed by atoms with van der Waals surface area (Å²) in [5.41, 5.74) is 3.19. The highest BCUT2D eigenvalue weighted by Crippen LogP contribution is 2.33. The molecular weight excluding hydrogens is 307 g/mol. The third kappa shape index (κ3) is 3.41. The van der Waals surface area contributed by atoms with E-state index in [4.69, 9.17) is 17.4 Å². The number of rotatable bonds is 5. The van der Waals surface area contributed by atoms with Gasteiger partial charge in [0, 0.05) is 10.0 Å². The molecule has 0 fully saturated rings. The van der Waals surface area contributed by atoms with Crippen LogP contribution in [0.3, 0.4) is 0 Å².